The van der Waals surface area contributed by atoms with Gasteiger partial charge in [-0.05, 0) is 42.5 Å². The van der Waals surface area contributed by atoms with Crippen molar-refractivity contribution in [1.29, 1.82) is 0 Å². The molecule has 33 heavy (non-hydrogen) atoms. The molecule has 1 saturated carbocycles. The fraction of sp³-hybridized carbons (Fsp3) is 0.348. The number of imidazole rings is 1. The predicted octanol–water partition coefficient (Wildman–Crippen LogP) is 2.20. The fourth-order valence-corrected chi connectivity index (χ4v) is 4.67. The molecule has 0 bridgehead atoms. The summed E-state index contributed by atoms with van der Waals surface area (Å²) in [6.07, 6.45) is 7.87. The summed E-state index contributed by atoms with van der Waals surface area (Å²) in [5.74, 6) is 2.37. The van der Waals surface area contributed by atoms with Gasteiger partial charge >= 0.3 is 0 Å². The van der Waals surface area contributed by atoms with E-state index in [9.17, 15) is 4.79 Å². The fourth-order valence-electron chi connectivity index (χ4n) is 4.67. The number of aromatic nitrogens is 7. The van der Waals surface area contributed by atoms with Gasteiger partial charge in [-0.1, -0.05) is 5.16 Å². The van der Waals surface area contributed by atoms with E-state index in [0.29, 0.717) is 17.1 Å². The summed E-state index contributed by atoms with van der Waals surface area (Å²) in [5.41, 5.74) is 3.43. The van der Waals surface area contributed by atoms with Gasteiger partial charge in [0.2, 0.25) is 5.89 Å². The second-order valence-corrected chi connectivity index (χ2v) is 8.87. The maximum atomic E-state index is 12.1. The van der Waals surface area contributed by atoms with Crippen LogP contribution >= 0.6 is 0 Å². The Kier molecular flexibility index (Phi) is 4.53. The van der Waals surface area contributed by atoms with Gasteiger partial charge in [0.1, 0.15) is 12.9 Å². The first kappa shape index (κ1) is 19.7. The van der Waals surface area contributed by atoms with Gasteiger partial charge < -0.3 is 18.6 Å². The summed E-state index contributed by atoms with van der Waals surface area (Å²) < 4.78 is 10.1. The first-order valence-electron chi connectivity index (χ1n) is 11.0. The van der Waals surface area contributed by atoms with Crippen molar-refractivity contribution in [3.8, 4) is 0 Å². The Labute approximate surface area is 189 Å². The number of piperidine rings is 1. The molecule has 0 spiro atoms. The molecule has 5 heterocycles. The van der Waals surface area contributed by atoms with Crippen LogP contribution < -0.4 is 10.5 Å². The second-order valence-electron chi connectivity index (χ2n) is 8.87. The Morgan fingerprint density at radius 2 is 1.85 bits per heavy atom. The lowest BCUT2D eigenvalue weighted by Crippen LogP contribution is -2.22. The second kappa shape index (κ2) is 7.58. The standard InChI is InChI=1S/C14H16N2.C9H8N6O2/c1-15-5-4-10-7-13(2-3-14(10)15)16-8-11-6-12(11)9-16;1-14-4-11-8-7(14)9(16)15(5-12-8)2-6-10-3-13-17-6/h2-5,7,11-12H,6,8-9H2,1H3;3-5H,2H2,1H3/t11-,12+;. The van der Waals surface area contributed by atoms with Crippen molar-refractivity contribution in [2.24, 2.45) is 25.9 Å². The first-order valence-corrected chi connectivity index (χ1v) is 11.0. The van der Waals surface area contributed by atoms with E-state index in [4.69, 9.17) is 4.52 Å². The molecular weight excluding hydrogens is 420 g/mol. The van der Waals surface area contributed by atoms with Gasteiger partial charge in [0, 0.05) is 50.0 Å². The van der Waals surface area contributed by atoms with Crippen LogP contribution in [-0.4, -0.2) is 46.9 Å². The molecule has 0 amide bonds. The number of fused-ring (bicyclic) bond motifs is 3. The Morgan fingerprint density at radius 3 is 2.64 bits per heavy atom. The molecule has 0 N–H and O–H groups in total. The van der Waals surface area contributed by atoms with E-state index in [1.807, 2.05) is 0 Å². The maximum absolute atomic E-state index is 12.1. The average molecular weight is 444 g/mol. The maximum Gasteiger partial charge on any atom is 0.280 e. The number of hydrogen-bond acceptors (Lipinski definition) is 7. The molecule has 0 radical (unpaired) electrons. The van der Waals surface area contributed by atoms with Crippen molar-refractivity contribution in [3.05, 3.63) is 65.7 Å². The van der Waals surface area contributed by atoms with Crippen LogP contribution in [0.3, 0.4) is 0 Å². The lowest BCUT2D eigenvalue weighted by Gasteiger charge is -2.20. The van der Waals surface area contributed by atoms with E-state index in [0.717, 1.165) is 11.8 Å². The smallest absolute Gasteiger partial charge is 0.280 e. The molecule has 168 valence electrons. The number of rotatable bonds is 3. The first-order chi connectivity index (χ1) is 16.1. The normalized spacial score (nSPS) is 19.0. The van der Waals surface area contributed by atoms with Gasteiger partial charge in [0.25, 0.3) is 5.56 Å². The minimum atomic E-state index is -0.187. The minimum Gasteiger partial charge on any atom is -0.371 e. The zero-order valence-electron chi connectivity index (χ0n) is 18.5. The Bertz CT molecular complexity index is 1490. The van der Waals surface area contributed by atoms with Crippen LogP contribution in [0.15, 0.2) is 58.8 Å². The van der Waals surface area contributed by atoms with Crippen LogP contribution in [-0.2, 0) is 20.6 Å². The molecule has 2 aliphatic rings. The summed E-state index contributed by atoms with van der Waals surface area (Å²) >= 11 is 0. The van der Waals surface area contributed by atoms with Crippen molar-refractivity contribution in [3.63, 3.8) is 0 Å². The molecule has 10 heteroatoms. The summed E-state index contributed by atoms with van der Waals surface area (Å²) in [6, 6.07) is 9.05. The highest BCUT2D eigenvalue weighted by Gasteiger charge is 2.45. The number of aryl methyl sites for hydroxylation is 2. The number of benzene rings is 1. The van der Waals surface area contributed by atoms with E-state index in [1.165, 1.54) is 53.3 Å². The highest BCUT2D eigenvalue weighted by Crippen LogP contribution is 2.46. The summed E-state index contributed by atoms with van der Waals surface area (Å²) in [6.45, 7) is 2.76. The Morgan fingerprint density at radius 1 is 1.03 bits per heavy atom. The molecule has 2 atom stereocenters. The van der Waals surface area contributed by atoms with Crippen molar-refractivity contribution < 1.29 is 4.52 Å². The third kappa shape index (κ3) is 3.57. The highest BCUT2D eigenvalue weighted by atomic mass is 16.5. The molecule has 0 unspecified atom stereocenters. The van der Waals surface area contributed by atoms with Crippen LogP contribution in [0, 0.1) is 11.8 Å². The summed E-state index contributed by atoms with van der Waals surface area (Å²) in [5, 5.41) is 4.84. The monoisotopic (exact) mass is 444 g/mol. The SMILES string of the molecule is Cn1ccc2cc(N3C[C@H]4C[C@H]4C3)ccc21.Cn1cnc2ncn(Cc3ncno3)c(=O)c21. The minimum absolute atomic E-state index is 0.187. The largest absolute Gasteiger partial charge is 0.371 e. The van der Waals surface area contributed by atoms with Crippen molar-refractivity contribution in [2.45, 2.75) is 13.0 Å². The molecule has 2 fully saturated rings. The van der Waals surface area contributed by atoms with Gasteiger partial charge in [-0.3, -0.25) is 9.36 Å². The van der Waals surface area contributed by atoms with Crippen molar-refractivity contribution in [2.75, 3.05) is 18.0 Å². The Hall–Kier alpha value is -3.95. The third-order valence-electron chi connectivity index (χ3n) is 6.63. The molecule has 7 rings (SSSR count). The summed E-state index contributed by atoms with van der Waals surface area (Å²) in [4.78, 5) is 26.6. The van der Waals surface area contributed by atoms with Crippen LogP contribution in [0.1, 0.15) is 12.3 Å². The molecule has 1 saturated heterocycles. The molecule has 1 aromatic carbocycles. The van der Waals surface area contributed by atoms with Gasteiger partial charge in [0.15, 0.2) is 17.5 Å². The number of hydrogen-bond donors (Lipinski definition) is 0. The topological polar surface area (TPSA) is 99.8 Å². The van der Waals surface area contributed by atoms with E-state index in [-0.39, 0.29) is 12.1 Å². The lowest BCUT2D eigenvalue weighted by atomic mass is 10.2. The van der Waals surface area contributed by atoms with Crippen LogP contribution in [0.4, 0.5) is 5.69 Å². The van der Waals surface area contributed by atoms with E-state index >= 15 is 0 Å². The lowest BCUT2D eigenvalue weighted by molar-refractivity contribution is 0.368. The van der Waals surface area contributed by atoms with Crippen LogP contribution in [0.25, 0.3) is 22.1 Å². The third-order valence-corrected chi connectivity index (χ3v) is 6.63. The zero-order valence-corrected chi connectivity index (χ0v) is 18.5. The highest BCUT2D eigenvalue weighted by molar-refractivity contribution is 5.84. The molecule has 10 nitrogen and oxygen atoms in total. The van der Waals surface area contributed by atoms with E-state index in [2.05, 4.69) is 67.1 Å². The molecular formula is C23H24N8O2. The molecule has 1 aliphatic carbocycles. The van der Waals surface area contributed by atoms with Gasteiger partial charge in [-0.2, -0.15) is 4.98 Å². The quantitative estimate of drug-likeness (QED) is 0.421. The van der Waals surface area contributed by atoms with Gasteiger partial charge in [0.05, 0.1) is 6.33 Å². The Balaban J connectivity index is 0.000000125. The molecule has 5 aromatic rings. The van der Waals surface area contributed by atoms with E-state index < -0.39 is 0 Å². The zero-order chi connectivity index (χ0) is 22.5. The van der Waals surface area contributed by atoms with Crippen molar-refractivity contribution >= 4 is 27.8 Å². The average Bonchev–Trinajstić information content (AvgIpc) is 3.32. The predicted molar refractivity (Wildman–Crippen MR) is 123 cm³/mol. The van der Waals surface area contributed by atoms with Crippen LogP contribution in [0.5, 0.6) is 0 Å². The van der Waals surface area contributed by atoms with Gasteiger partial charge in [-0.15, -0.1) is 0 Å². The molecule has 4 aromatic heterocycles. The van der Waals surface area contributed by atoms with Crippen LogP contribution in [0.2, 0.25) is 0 Å². The summed E-state index contributed by atoms with van der Waals surface area (Å²) in [7, 11) is 3.85. The number of nitrogens with zero attached hydrogens (tertiary/aromatic N) is 8. The van der Waals surface area contributed by atoms with Gasteiger partial charge in [-0.25, -0.2) is 9.97 Å². The number of anilines is 1. The van der Waals surface area contributed by atoms with E-state index in [1.54, 1.807) is 17.9 Å². The van der Waals surface area contributed by atoms with Crippen molar-refractivity contribution in [1.82, 2.24) is 33.8 Å². The molecule has 1 aliphatic heterocycles.